The summed E-state index contributed by atoms with van der Waals surface area (Å²) in [4.78, 5) is 0. The van der Waals surface area contributed by atoms with Crippen molar-refractivity contribution in [3.05, 3.63) is 29.8 Å². The van der Waals surface area contributed by atoms with E-state index in [1.54, 1.807) is 0 Å². The average Bonchev–Trinajstić information content (AvgIpc) is 2.41. The van der Waals surface area contributed by atoms with E-state index in [1.807, 2.05) is 18.2 Å². The monoisotopic (exact) mass is 251 g/mol. The fourth-order valence-corrected chi connectivity index (χ4v) is 1.76. The number of ether oxygens (including phenoxy) is 1. The van der Waals surface area contributed by atoms with Crippen LogP contribution in [0.3, 0.4) is 0 Å². The SMILES string of the molecule is CCCOc1ccccc1CNCCCCCO. The predicted octanol–water partition coefficient (Wildman–Crippen LogP) is 2.73. The second-order valence-electron chi connectivity index (χ2n) is 4.42. The van der Waals surface area contributed by atoms with Crippen LogP contribution in [0.4, 0.5) is 0 Å². The van der Waals surface area contributed by atoms with Crippen molar-refractivity contribution in [3.63, 3.8) is 0 Å². The summed E-state index contributed by atoms with van der Waals surface area (Å²) in [6.07, 6.45) is 4.12. The van der Waals surface area contributed by atoms with Crippen LogP contribution in [0, 0.1) is 0 Å². The quantitative estimate of drug-likeness (QED) is 0.628. The third-order valence-electron chi connectivity index (χ3n) is 2.76. The van der Waals surface area contributed by atoms with Gasteiger partial charge in [0.2, 0.25) is 0 Å². The van der Waals surface area contributed by atoms with Gasteiger partial charge in [-0.1, -0.05) is 25.1 Å². The van der Waals surface area contributed by atoms with Crippen LogP contribution in [0.25, 0.3) is 0 Å². The fraction of sp³-hybridized carbons (Fsp3) is 0.600. The maximum atomic E-state index is 8.68. The van der Waals surface area contributed by atoms with Gasteiger partial charge < -0.3 is 15.2 Å². The lowest BCUT2D eigenvalue weighted by molar-refractivity contribution is 0.282. The molecule has 18 heavy (non-hydrogen) atoms. The fourth-order valence-electron chi connectivity index (χ4n) is 1.76. The molecule has 0 aliphatic carbocycles. The summed E-state index contributed by atoms with van der Waals surface area (Å²) in [5.41, 5.74) is 1.22. The molecule has 0 spiro atoms. The number of aliphatic hydroxyl groups is 1. The van der Waals surface area contributed by atoms with E-state index >= 15 is 0 Å². The molecule has 2 N–H and O–H groups in total. The Labute approximate surface area is 110 Å². The summed E-state index contributed by atoms with van der Waals surface area (Å²) in [5, 5.41) is 12.1. The Hall–Kier alpha value is -1.06. The van der Waals surface area contributed by atoms with Gasteiger partial charge in [-0.25, -0.2) is 0 Å². The molecule has 102 valence electrons. The number of para-hydroxylation sites is 1. The van der Waals surface area contributed by atoms with Gasteiger partial charge in [-0.2, -0.15) is 0 Å². The molecule has 3 nitrogen and oxygen atoms in total. The van der Waals surface area contributed by atoms with Crippen molar-refractivity contribution in [2.75, 3.05) is 19.8 Å². The molecule has 0 atom stereocenters. The number of rotatable bonds is 10. The first-order valence-corrected chi connectivity index (χ1v) is 6.90. The van der Waals surface area contributed by atoms with Gasteiger partial charge in [0, 0.05) is 18.7 Å². The zero-order valence-corrected chi connectivity index (χ0v) is 11.3. The summed E-state index contributed by atoms with van der Waals surface area (Å²) >= 11 is 0. The topological polar surface area (TPSA) is 41.5 Å². The van der Waals surface area contributed by atoms with E-state index in [1.165, 1.54) is 5.56 Å². The highest BCUT2D eigenvalue weighted by molar-refractivity contribution is 5.33. The number of nitrogens with one attached hydrogen (secondary N) is 1. The third kappa shape index (κ3) is 6.03. The van der Waals surface area contributed by atoms with E-state index in [2.05, 4.69) is 18.3 Å². The second kappa shape index (κ2) is 9.92. The van der Waals surface area contributed by atoms with E-state index in [9.17, 15) is 0 Å². The highest BCUT2D eigenvalue weighted by Crippen LogP contribution is 2.17. The molecule has 0 aliphatic heterocycles. The highest BCUT2D eigenvalue weighted by Gasteiger charge is 2.01. The van der Waals surface area contributed by atoms with Gasteiger partial charge in [0.15, 0.2) is 0 Å². The standard InChI is InChI=1S/C15H25NO2/c1-2-12-18-15-9-5-4-8-14(15)13-16-10-6-3-7-11-17/h4-5,8-9,16-17H,2-3,6-7,10-13H2,1H3. The predicted molar refractivity (Wildman–Crippen MR) is 74.9 cm³/mol. The van der Waals surface area contributed by atoms with Gasteiger partial charge in [-0.15, -0.1) is 0 Å². The minimum atomic E-state index is 0.299. The summed E-state index contributed by atoms with van der Waals surface area (Å²) in [7, 11) is 0. The van der Waals surface area contributed by atoms with Gasteiger partial charge in [0.25, 0.3) is 0 Å². The average molecular weight is 251 g/mol. The zero-order valence-electron chi connectivity index (χ0n) is 11.3. The largest absolute Gasteiger partial charge is 0.493 e. The van der Waals surface area contributed by atoms with E-state index < -0.39 is 0 Å². The first-order chi connectivity index (χ1) is 8.88. The van der Waals surface area contributed by atoms with E-state index in [0.717, 1.165) is 51.1 Å². The summed E-state index contributed by atoms with van der Waals surface area (Å²) in [6.45, 7) is 5.02. The molecule has 0 bridgehead atoms. The number of unbranched alkanes of at least 4 members (excludes halogenated alkanes) is 2. The van der Waals surface area contributed by atoms with Crippen LogP contribution in [-0.2, 0) is 6.54 Å². The lowest BCUT2D eigenvalue weighted by Gasteiger charge is -2.11. The molecular weight excluding hydrogens is 226 g/mol. The molecule has 1 aromatic carbocycles. The molecule has 1 aromatic rings. The minimum absolute atomic E-state index is 0.299. The summed E-state index contributed by atoms with van der Waals surface area (Å²) in [6, 6.07) is 8.18. The molecule has 0 radical (unpaired) electrons. The van der Waals surface area contributed by atoms with Crippen LogP contribution in [0.1, 0.15) is 38.2 Å². The molecule has 0 heterocycles. The normalized spacial score (nSPS) is 10.6. The highest BCUT2D eigenvalue weighted by atomic mass is 16.5. The Bertz CT molecular complexity index is 315. The maximum Gasteiger partial charge on any atom is 0.123 e. The molecule has 0 amide bonds. The van der Waals surface area contributed by atoms with Gasteiger partial charge in [0.05, 0.1) is 6.61 Å². The summed E-state index contributed by atoms with van der Waals surface area (Å²) in [5.74, 6) is 0.988. The minimum Gasteiger partial charge on any atom is -0.493 e. The van der Waals surface area contributed by atoms with E-state index in [4.69, 9.17) is 9.84 Å². The number of benzene rings is 1. The maximum absolute atomic E-state index is 8.68. The van der Waals surface area contributed by atoms with Crippen molar-refractivity contribution in [1.29, 1.82) is 0 Å². The van der Waals surface area contributed by atoms with Crippen molar-refractivity contribution in [2.45, 2.75) is 39.2 Å². The van der Waals surface area contributed by atoms with Crippen molar-refractivity contribution in [3.8, 4) is 5.75 Å². The van der Waals surface area contributed by atoms with Crippen LogP contribution in [-0.4, -0.2) is 24.9 Å². The smallest absolute Gasteiger partial charge is 0.123 e. The van der Waals surface area contributed by atoms with Crippen molar-refractivity contribution in [1.82, 2.24) is 5.32 Å². The van der Waals surface area contributed by atoms with Gasteiger partial charge in [0.1, 0.15) is 5.75 Å². The Balaban J connectivity index is 2.27. The van der Waals surface area contributed by atoms with Crippen LogP contribution < -0.4 is 10.1 Å². The Morgan fingerprint density at radius 3 is 2.78 bits per heavy atom. The number of hydrogen-bond acceptors (Lipinski definition) is 3. The van der Waals surface area contributed by atoms with Crippen molar-refractivity contribution < 1.29 is 9.84 Å². The van der Waals surface area contributed by atoms with Crippen LogP contribution >= 0.6 is 0 Å². The third-order valence-corrected chi connectivity index (χ3v) is 2.76. The van der Waals surface area contributed by atoms with Crippen molar-refractivity contribution in [2.24, 2.45) is 0 Å². The van der Waals surface area contributed by atoms with Crippen LogP contribution in [0.15, 0.2) is 24.3 Å². The zero-order chi connectivity index (χ0) is 13.1. The number of hydrogen-bond donors (Lipinski definition) is 2. The van der Waals surface area contributed by atoms with Gasteiger partial charge >= 0.3 is 0 Å². The van der Waals surface area contributed by atoms with Crippen molar-refractivity contribution >= 4 is 0 Å². The Morgan fingerprint density at radius 2 is 2.00 bits per heavy atom. The first kappa shape index (κ1) is 15.0. The molecule has 0 aromatic heterocycles. The molecule has 0 aliphatic rings. The summed E-state index contributed by atoms with van der Waals surface area (Å²) < 4.78 is 5.71. The lowest BCUT2D eigenvalue weighted by Crippen LogP contribution is -2.15. The van der Waals surface area contributed by atoms with E-state index in [0.29, 0.717) is 6.61 Å². The molecule has 0 saturated carbocycles. The molecule has 0 unspecified atom stereocenters. The molecule has 0 fully saturated rings. The number of aliphatic hydroxyl groups excluding tert-OH is 1. The van der Waals surface area contributed by atoms with E-state index in [-0.39, 0.29) is 0 Å². The molecular formula is C15H25NO2. The first-order valence-electron chi connectivity index (χ1n) is 6.90. The van der Waals surface area contributed by atoms with Gasteiger partial charge in [-0.05, 0) is 38.3 Å². The molecule has 1 rings (SSSR count). The van der Waals surface area contributed by atoms with Crippen LogP contribution in [0.2, 0.25) is 0 Å². The Morgan fingerprint density at radius 1 is 1.17 bits per heavy atom. The lowest BCUT2D eigenvalue weighted by atomic mass is 10.2. The second-order valence-corrected chi connectivity index (χ2v) is 4.42. The van der Waals surface area contributed by atoms with Gasteiger partial charge in [-0.3, -0.25) is 0 Å². The Kier molecular flexibility index (Phi) is 8.26. The molecule has 3 heteroatoms. The molecule has 0 saturated heterocycles. The van der Waals surface area contributed by atoms with Crippen LogP contribution in [0.5, 0.6) is 5.75 Å².